The lowest BCUT2D eigenvalue weighted by molar-refractivity contribution is 0.550. The number of rotatable bonds is 3. The van der Waals surface area contributed by atoms with Gasteiger partial charge in [-0.3, -0.25) is 0 Å². The summed E-state index contributed by atoms with van der Waals surface area (Å²) in [4.78, 5) is 0.519. The van der Waals surface area contributed by atoms with Gasteiger partial charge in [0.15, 0.2) is 5.82 Å². The average molecular weight is 419 g/mol. The van der Waals surface area contributed by atoms with Gasteiger partial charge in [-0.2, -0.15) is 9.61 Å². The monoisotopic (exact) mass is 418 g/mol. The van der Waals surface area contributed by atoms with E-state index in [0.29, 0.717) is 9.98 Å². The summed E-state index contributed by atoms with van der Waals surface area (Å²) in [5, 5.41) is 14.1. The van der Waals surface area contributed by atoms with Crippen LogP contribution in [0.15, 0.2) is 42.5 Å². The molecule has 0 amide bonds. The van der Waals surface area contributed by atoms with E-state index < -0.39 is 11.6 Å². The fourth-order valence-corrected chi connectivity index (χ4v) is 4.27. The van der Waals surface area contributed by atoms with E-state index in [1.54, 1.807) is 0 Å². The third-order valence-electron chi connectivity index (χ3n) is 4.65. The van der Waals surface area contributed by atoms with Crippen molar-refractivity contribution in [3.8, 4) is 11.4 Å². The van der Waals surface area contributed by atoms with Gasteiger partial charge in [0.25, 0.3) is 0 Å². The van der Waals surface area contributed by atoms with Crippen molar-refractivity contribution in [3.63, 3.8) is 0 Å². The molecule has 5 rings (SSSR count). The maximum absolute atomic E-state index is 14.1. The molecule has 142 valence electrons. The van der Waals surface area contributed by atoms with E-state index in [0.717, 1.165) is 35.2 Å². The summed E-state index contributed by atoms with van der Waals surface area (Å²) in [6, 6.07) is 11.0. The first-order chi connectivity index (χ1) is 13.6. The lowest BCUT2D eigenvalue weighted by Crippen LogP contribution is -2.26. The zero-order valence-corrected chi connectivity index (χ0v) is 15.8. The summed E-state index contributed by atoms with van der Waals surface area (Å²) in [5.74, 6) is -0.945. The molecule has 0 radical (unpaired) electrons. The van der Waals surface area contributed by atoms with E-state index in [1.807, 2.05) is 24.3 Å². The van der Waals surface area contributed by atoms with E-state index in [2.05, 4.69) is 26.1 Å². The van der Waals surface area contributed by atoms with E-state index in [4.69, 9.17) is 11.6 Å². The number of nitrogens with one attached hydrogen (secondary N) is 2. The van der Waals surface area contributed by atoms with E-state index in [9.17, 15) is 8.78 Å². The van der Waals surface area contributed by atoms with Crippen molar-refractivity contribution in [1.82, 2.24) is 30.7 Å². The zero-order valence-electron chi connectivity index (χ0n) is 14.2. The topological polar surface area (TPSA) is 67.1 Å². The van der Waals surface area contributed by atoms with Crippen LogP contribution in [0.4, 0.5) is 8.78 Å². The Kier molecular flexibility index (Phi) is 4.31. The van der Waals surface area contributed by atoms with Crippen LogP contribution in [0.5, 0.6) is 0 Å². The summed E-state index contributed by atoms with van der Waals surface area (Å²) >= 11 is 7.31. The van der Waals surface area contributed by atoms with Gasteiger partial charge in [-0.15, -0.1) is 10.2 Å². The highest BCUT2D eigenvalue weighted by Crippen LogP contribution is 2.34. The maximum Gasteiger partial charge on any atom is 0.235 e. The highest BCUT2D eigenvalue weighted by molar-refractivity contribution is 7.16. The maximum atomic E-state index is 14.1. The molecule has 4 aromatic rings. The van der Waals surface area contributed by atoms with E-state index >= 15 is 0 Å². The Morgan fingerprint density at radius 3 is 2.64 bits per heavy atom. The van der Waals surface area contributed by atoms with Crippen LogP contribution in [0.25, 0.3) is 16.3 Å². The van der Waals surface area contributed by atoms with Crippen molar-refractivity contribution in [2.24, 2.45) is 0 Å². The van der Waals surface area contributed by atoms with Gasteiger partial charge in [0.05, 0.1) is 11.6 Å². The average Bonchev–Trinajstić information content (AvgIpc) is 3.39. The molecule has 0 spiro atoms. The van der Waals surface area contributed by atoms with Gasteiger partial charge in [-0.1, -0.05) is 35.1 Å². The van der Waals surface area contributed by atoms with Crippen LogP contribution < -0.4 is 10.9 Å². The molecule has 2 atom stereocenters. The molecule has 0 bridgehead atoms. The Bertz CT molecular complexity index is 1160. The summed E-state index contributed by atoms with van der Waals surface area (Å²) in [5.41, 5.74) is 7.64. The number of aromatic nitrogens is 4. The Morgan fingerprint density at radius 1 is 1.04 bits per heavy atom. The predicted octanol–water partition coefficient (Wildman–Crippen LogP) is 4.06. The van der Waals surface area contributed by atoms with Crippen LogP contribution in [0, 0.1) is 11.6 Å². The highest BCUT2D eigenvalue weighted by atomic mass is 35.5. The second-order valence-corrected chi connectivity index (χ2v) is 7.89. The summed E-state index contributed by atoms with van der Waals surface area (Å²) in [6.07, 6.45) is 0.773. The Labute approximate surface area is 167 Å². The van der Waals surface area contributed by atoms with Gasteiger partial charge >= 0.3 is 0 Å². The molecule has 0 saturated carbocycles. The Hall–Kier alpha value is -2.46. The fraction of sp³-hybridized carbons (Fsp3) is 0.167. The molecular weight excluding hydrogens is 406 g/mol. The molecule has 1 fully saturated rings. The van der Waals surface area contributed by atoms with Crippen LogP contribution in [0.2, 0.25) is 5.02 Å². The molecule has 1 saturated heterocycles. The molecule has 28 heavy (non-hydrogen) atoms. The lowest BCUT2D eigenvalue weighted by atomic mass is 10.0. The minimum Gasteiger partial charge on any atom is -0.250 e. The second kappa shape index (κ2) is 6.85. The highest BCUT2D eigenvalue weighted by Gasteiger charge is 2.29. The SMILES string of the molecule is Fc1ccc(F)c(-c2nnc3sc(C4CC(c5ccc(Cl)cc5)NN4)nn23)c1. The third kappa shape index (κ3) is 3.06. The van der Waals surface area contributed by atoms with Gasteiger partial charge in [0.1, 0.15) is 16.6 Å². The largest absolute Gasteiger partial charge is 0.250 e. The first-order valence-electron chi connectivity index (χ1n) is 8.52. The first kappa shape index (κ1) is 17.6. The molecule has 2 unspecified atom stereocenters. The Balaban J connectivity index is 1.44. The number of nitrogens with zero attached hydrogens (tertiary/aromatic N) is 4. The molecule has 0 aliphatic carbocycles. The summed E-state index contributed by atoms with van der Waals surface area (Å²) in [6.45, 7) is 0. The second-order valence-electron chi connectivity index (χ2n) is 6.46. The lowest BCUT2D eigenvalue weighted by Gasteiger charge is -2.09. The van der Waals surface area contributed by atoms with Gasteiger partial charge < -0.3 is 0 Å². The van der Waals surface area contributed by atoms with Crippen LogP contribution >= 0.6 is 22.9 Å². The molecule has 6 nitrogen and oxygen atoms in total. The number of halogens is 3. The Morgan fingerprint density at radius 2 is 1.82 bits per heavy atom. The summed E-state index contributed by atoms with van der Waals surface area (Å²) < 4.78 is 29.1. The van der Waals surface area contributed by atoms with Crippen molar-refractivity contribution in [1.29, 1.82) is 0 Å². The van der Waals surface area contributed by atoms with Crippen LogP contribution in [0.1, 0.15) is 29.1 Å². The standard InChI is InChI=1S/C18H13ClF2N6S/c19-10-3-1-9(2-4-10)14-8-15(23-22-14)17-26-27-16(24-25-18(27)28-17)12-7-11(20)5-6-13(12)21/h1-7,14-15,22-23H,8H2. The molecule has 1 aliphatic heterocycles. The minimum absolute atomic E-state index is 0.0286. The van der Waals surface area contributed by atoms with Crippen molar-refractivity contribution in [2.45, 2.75) is 18.5 Å². The molecular formula is C18H13ClF2N6S. The first-order valence-corrected chi connectivity index (χ1v) is 9.72. The molecule has 3 heterocycles. The molecule has 2 aromatic heterocycles. The number of hydrazine groups is 1. The van der Waals surface area contributed by atoms with Gasteiger partial charge in [0, 0.05) is 11.1 Å². The molecule has 2 aromatic carbocycles. The van der Waals surface area contributed by atoms with Crippen LogP contribution in [0.3, 0.4) is 0 Å². The molecule has 1 aliphatic rings. The summed E-state index contributed by atoms with van der Waals surface area (Å²) in [7, 11) is 0. The number of hydrogen-bond donors (Lipinski definition) is 2. The van der Waals surface area contributed by atoms with Crippen LogP contribution in [-0.4, -0.2) is 19.8 Å². The smallest absolute Gasteiger partial charge is 0.235 e. The fourth-order valence-electron chi connectivity index (χ4n) is 3.24. The van der Waals surface area contributed by atoms with Gasteiger partial charge in [-0.05, 0) is 42.3 Å². The minimum atomic E-state index is -0.575. The number of hydrogen-bond acceptors (Lipinski definition) is 6. The normalized spacial score (nSPS) is 19.5. The predicted molar refractivity (Wildman–Crippen MR) is 102 cm³/mol. The van der Waals surface area contributed by atoms with E-state index in [-0.39, 0.29) is 23.5 Å². The van der Waals surface area contributed by atoms with Gasteiger partial charge in [0.2, 0.25) is 4.96 Å². The van der Waals surface area contributed by atoms with E-state index in [1.165, 1.54) is 15.9 Å². The number of fused-ring (bicyclic) bond motifs is 1. The number of benzene rings is 2. The molecule has 10 heteroatoms. The van der Waals surface area contributed by atoms with Crippen molar-refractivity contribution < 1.29 is 8.78 Å². The van der Waals surface area contributed by atoms with Gasteiger partial charge in [-0.25, -0.2) is 19.6 Å². The van der Waals surface area contributed by atoms with Crippen LogP contribution in [-0.2, 0) is 0 Å². The quantitative estimate of drug-likeness (QED) is 0.525. The molecule has 2 N–H and O–H groups in total. The van der Waals surface area contributed by atoms with Crippen molar-refractivity contribution in [2.75, 3.05) is 0 Å². The van der Waals surface area contributed by atoms with Crippen molar-refractivity contribution >= 4 is 27.9 Å². The third-order valence-corrected chi connectivity index (χ3v) is 5.91. The zero-order chi connectivity index (χ0) is 19.3. The van der Waals surface area contributed by atoms with Crippen molar-refractivity contribution in [3.05, 3.63) is 69.7 Å².